The zero-order chi connectivity index (χ0) is 17.9. The Bertz CT molecular complexity index is 846. The van der Waals surface area contributed by atoms with Crippen molar-refractivity contribution in [2.75, 3.05) is 22.4 Å². The molecular formula is C17H19ClN2O3S. The Morgan fingerprint density at radius 3 is 2.29 bits per heavy atom. The second-order valence-corrected chi connectivity index (χ2v) is 8.02. The van der Waals surface area contributed by atoms with E-state index in [1.807, 2.05) is 32.0 Å². The zero-order valence-electron chi connectivity index (χ0n) is 13.7. The zero-order valence-corrected chi connectivity index (χ0v) is 15.3. The van der Waals surface area contributed by atoms with Crippen LogP contribution in [-0.2, 0) is 14.8 Å². The van der Waals surface area contributed by atoms with Gasteiger partial charge in [-0.2, -0.15) is 0 Å². The van der Waals surface area contributed by atoms with Crippen LogP contribution in [0.3, 0.4) is 0 Å². The second kappa shape index (κ2) is 7.23. The van der Waals surface area contributed by atoms with Crippen molar-refractivity contribution in [2.45, 2.75) is 13.8 Å². The Morgan fingerprint density at radius 1 is 1.12 bits per heavy atom. The predicted octanol–water partition coefficient (Wildman–Crippen LogP) is 3.36. The highest BCUT2D eigenvalue weighted by Gasteiger charge is 2.21. The molecule has 5 nitrogen and oxygen atoms in total. The molecule has 0 aliphatic carbocycles. The molecule has 7 heteroatoms. The normalized spacial score (nSPS) is 11.2. The smallest absolute Gasteiger partial charge is 0.245 e. The van der Waals surface area contributed by atoms with Gasteiger partial charge in [-0.05, 0) is 55.3 Å². The lowest BCUT2D eigenvalue weighted by molar-refractivity contribution is -0.114. The summed E-state index contributed by atoms with van der Waals surface area (Å²) in [5.41, 5.74) is 3.01. The summed E-state index contributed by atoms with van der Waals surface area (Å²) in [6.07, 6.45) is 1.05. The maximum atomic E-state index is 12.3. The topological polar surface area (TPSA) is 66.5 Å². The van der Waals surface area contributed by atoms with Gasteiger partial charge in [-0.3, -0.25) is 9.10 Å². The quantitative estimate of drug-likeness (QED) is 0.882. The molecule has 0 unspecified atom stereocenters. The third-order valence-electron chi connectivity index (χ3n) is 3.29. The van der Waals surface area contributed by atoms with E-state index in [-0.39, 0.29) is 6.54 Å². The van der Waals surface area contributed by atoms with Crippen molar-refractivity contribution < 1.29 is 13.2 Å². The number of nitrogens with one attached hydrogen (secondary N) is 1. The molecule has 2 aromatic carbocycles. The van der Waals surface area contributed by atoms with Crippen LogP contribution in [0, 0.1) is 13.8 Å². The molecular weight excluding hydrogens is 348 g/mol. The van der Waals surface area contributed by atoms with E-state index >= 15 is 0 Å². The first-order valence-electron chi connectivity index (χ1n) is 7.26. The predicted molar refractivity (Wildman–Crippen MR) is 98.2 cm³/mol. The summed E-state index contributed by atoms with van der Waals surface area (Å²) in [5.74, 6) is -0.426. The van der Waals surface area contributed by atoms with E-state index in [1.165, 1.54) is 6.07 Å². The summed E-state index contributed by atoms with van der Waals surface area (Å²) in [5, 5.41) is 3.13. The molecule has 0 saturated carbocycles. The summed E-state index contributed by atoms with van der Waals surface area (Å²) in [6.45, 7) is 3.53. The first-order chi connectivity index (χ1) is 11.1. The minimum atomic E-state index is -3.62. The van der Waals surface area contributed by atoms with Gasteiger partial charge in [-0.1, -0.05) is 23.7 Å². The first-order valence-corrected chi connectivity index (χ1v) is 9.49. The molecule has 24 heavy (non-hydrogen) atoms. The van der Waals surface area contributed by atoms with Crippen molar-refractivity contribution in [3.63, 3.8) is 0 Å². The Labute approximate surface area is 147 Å². The van der Waals surface area contributed by atoms with E-state index in [4.69, 9.17) is 11.6 Å². The van der Waals surface area contributed by atoms with Crippen molar-refractivity contribution in [3.05, 3.63) is 58.6 Å². The molecule has 0 radical (unpaired) electrons. The van der Waals surface area contributed by atoms with E-state index in [9.17, 15) is 13.2 Å². The number of amides is 1. The SMILES string of the molecule is Cc1cc(C)cc(NC(=O)CN(c2cccc(Cl)c2)S(C)(=O)=O)c1. The summed E-state index contributed by atoms with van der Waals surface area (Å²) in [6, 6.07) is 12.0. The molecule has 2 aromatic rings. The van der Waals surface area contributed by atoms with Gasteiger partial charge >= 0.3 is 0 Å². The van der Waals surface area contributed by atoms with Gasteiger partial charge in [0.25, 0.3) is 0 Å². The molecule has 0 spiro atoms. The molecule has 0 bridgehead atoms. The number of carbonyl (C=O) groups excluding carboxylic acids is 1. The van der Waals surface area contributed by atoms with Crippen LogP contribution in [0.5, 0.6) is 0 Å². The molecule has 1 N–H and O–H groups in total. The fourth-order valence-corrected chi connectivity index (χ4v) is 3.44. The van der Waals surface area contributed by atoms with Crippen LogP contribution in [0.1, 0.15) is 11.1 Å². The molecule has 128 valence electrons. The van der Waals surface area contributed by atoms with Gasteiger partial charge in [0, 0.05) is 10.7 Å². The highest BCUT2D eigenvalue weighted by molar-refractivity contribution is 7.92. The van der Waals surface area contributed by atoms with Crippen LogP contribution in [0.4, 0.5) is 11.4 Å². The molecule has 0 saturated heterocycles. The van der Waals surface area contributed by atoms with Crippen molar-refractivity contribution in [1.29, 1.82) is 0 Å². The number of halogens is 1. The van der Waals surface area contributed by atoms with Gasteiger partial charge in [0.1, 0.15) is 6.54 Å². The average molecular weight is 367 g/mol. The molecule has 0 fully saturated rings. The summed E-state index contributed by atoms with van der Waals surface area (Å²) >= 11 is 5.92. The minimum Gasteiger partial charge on any atom is -0.324 e. The van der Waals surface area contributed by atoms with Crippen LogP contribution in [0.25, 0.3) is 0 Å². The van der Waals surface area contributed by atoms with Gasteiger partial charge in [0.05, 0.1) is 11.9 Å². The van der Waals surface area contributed by atoms with Gasteiger partial charge in [0.15, 0.2) is 0 Å². The van der Waals surface area contributed by atoms with Gasteiger partial charge < -0.3 is 5.32 Å². The van der Waals surface area contributed by atoms with Gasteiger partial charge in [-0.25, -0.2) is 8.42 Å². The molecule has 0 aromatic heterocycles. The number of nitrogens with zero attached hydrogens (tertiary/aromatic N) is 1. The third-order valence-corrected chi connectivity index (χ3v) is 4.66. The molecule has 2 rings (SSSR count). The number of sulfonamides is 1. The van der Waals surface area contributed by atoms with E-state index < -0.39 is 15.9 Å². The lowest BCUT2D eigenvalue weighted by Gasteiger charge is -2.22. The summed E-state index contributed by atoms with van der Waals surface area (Å²) in [4.78, 5) is 12.3. The van der Waals surface area contributed by atoms with Crippen LogP contribution in [0.15, 0.2) is 42.5 Å². The highest BCUT2D eigenvalue weighted by atomic mass is 35.5. The lowest BCUT2D eigenvalue weighted by Crippen LogP contribution is -2.37. The average Bonchev–Trinajstić information content (AvgIpc) is 2.42. The Balaban J connectivity index is 2.22. The van der Waals surface area contributed by atoms with Crippen molar-refractivity contribution in [3.8, 4) is 0 Å². The third kappa shape index (κ3) is 4.97. The number of carbonyl (C=O) groups is 1. The number of hydrogen-bond donors (Lipinski definition) is 1. The summed E-state index contributed by atoms with van der Waals surface area (Å²) < 4.78 is 25.1. The number of hydrogen-bond acceptors (Lipinski definition) is 3. The van der Waals surface area contributed by atoms with Crippen LogP contribution in [-0.4, -0.2) is 27.1 Å². The van der Waals surface area contributed by atoms with Crippen molar-refractivity contribution >= 4 is 38.9 Å². The monoisotopic (exact) mass is 366 g/mol. The fourth-order valence-electron chi connectivity index (χ4n) is 2.41. The van der Waals surface area contributed by atoms with Gasteiger partial charge in [0.2, 0.25) is 15.9 Å². The second-order valence-electron chi connectivity index (χ2n) is 5.67. The van der Waals surface area contributed by atoms with E-state index in [1.54, 1.807) is 18.2 Å². The van der Waals surface area contributed by atoms with Crippen LogP contribution in [0.2, 0.25) is 5.02 Å². The molecule has 1 amide bonds. The minimum absolute atomic E-state index is 0.327. The Morgan fingerprint density at radius 2 is 1.75 bits per heavy atom. The molecule has 0 aliphatic heterocycles. The van der Waals surface area contributed by atoms with E-state index in [0.29, 0.717) is 16.4 Å². The van der Waals surface area contributed by atoms with Gasteiger partial charge in [-0.15, -0.1) is 0 Å². The molecule has 0 aliphatic rings. The number of rotatable bonds is 5. The molecule has 0 atom stereocenters. The van der Waals surface area contributed by atoms with Crippen molar-refractivity contribution in [1.82, 2.24) is 0 Å². The maximum absolute atomic E-state index is 12.3. The van der Waals surface area contributed by atoms with Crippen LogP contribution < -0.4 is 9.62 Å². The Hall–Kier alpha value is -2.05. The maximum Gasteiger partial charge on any atom is 0.245 e. The van der Waals surface area contributed by atoms with E-state index in [2.05, 4.69) is 5.32 Å². The number of anilines is 2. The standard InChI is InChI=1S/C17H19ClN2O3S/c1-12-7-13(2)9-15(8-12)19-17(21)11-20(24(3,22)23)16-6-4-5-14(18)10-16/h4-10H,11H2,1-3H3,(H,19,21). The molecule has 0 heterocycles. The number of aryl methyl sites for hydroxylation is 2. The largest absolute Gasteiger partial charge is 0.324 e. The number of benzene rings is 2. The van der Waals surface area contributed by atoms with E-state index in [0.717, 1.165) is 21.7 Å². The fraction of sp³-hybridized carbons (Fsp3) is 0.235. The van der Waals surface area contributed by atoms with Crippen LogP contribution >= 0.6 is 11.6 Å². The first kappa shape index (κ1) is 18.3. The highest BCUT2D eigenvalue weighted by Crippen LogP contribution is 2.22. The lowest BCUT2D eigenvalue weighted by atomic mass is 10.1. The Kier molecular flexibility index (Phi) is 5.51. The van der Waals surface area contributed by atoms with Crippen molar-refractivity contribution in [2.24, 2.45) is 0 Å². The summed E-state index contributed by atoms with van der Waals surface area (Å²) in [7, 11) is -3.62.